The third kappa shape index (κ3) is 2.07. The van der Waals surface area contributed by atoms with Gasteiger partial charge in [-0.05, 0) is 36.5 Å². The van der Waals surface area contributed by atoms with Gasteiger partial charge < -0.3 is 9.80 Å². The molecule has 2 saturated heterocycles. The number of fused-ring (bicyclic) bond motifs is 1. The topological polar surface area (TPSA) is 40.6 Å². The van der Waals surface area contributed by atoms with E-state index in [4.69, 9.17) is 0 Å². The van der Waals surface area contributed by atoms with Crippen LogP contribution < -0.4 is 4.90 Å². The zero-order valence-electron chi connectivity index (χ0n) is 17.5. The molecule has 1 amide bonds. The van der Waals surface area contributed by atoms with Crippen molar-refractivity contribution in [2.75, 3.05) is 11.4 Å². The summed E-state index contributed by atoms with van der Waals surface area (Å²) in [6.07, 6.45) is 3.78. The summed E-state index contributed by atoms with van der Waals surface area (Å²) in [5.74, 6) is 0.620. The molecule has 4 heteroatoms. The number of nitrogens with zero attached hydrogens (tertiary/aromatic N) is 2. The van der Waals surface area contributed by atoms with Gasteiger partial charge in [0.15, 0.2) is 0 Å². The molecule has 0 aromatic heterocycles. The van der Waals surface area contributed by atoms with Crippen molar-refractivity contribution in [3.63, 3.8) is 0 Å². The summed E-state index contributed by atoms with van der Waals surface area (Å²) in [7, 11) is 0. The minimum atomic E-state index is -0.378. The van der Waals surface area contributed by atoms with E-state index in [1.54, 1.807) is 0 Å². The lowest BCUT2D eigenvalue weighted by Gasteiger charge is -2.57. The van der Waals surface area contributed by atoms with Gasteiger partial charge >= 0.3 is 0 Å². The van der Waals surface area contributed by atoms with Crippen molar-refractivity contribution >= 4 is 17.4 Å². The monoisotopic (exact) mass is 400 g/mol. The van der Waals surface area contributed by atoms with Crippen molar-refractivity contribution in [2.45, 2.75) is 63.1 Å². The van der Waals surface area contributed by atoms with Gasteiger partial charge in [0.1, 0.15) is 5.78 Å². The van der Waals surface area contributed by atoms with E-state index in [1.807, 2.05) is 6.07 Å². The van der Waals surface area contributed by atoms with E-state index in [9.17, 15) is 9.59 Å². The molecule has 6 rings (SSSR count). The molecule has 0 radical (unpaired) electrons. The number of amides is 1. The minimum Gasteiger partial charge on any atom is -0.363 e. The Kier molecular flexibility index (Phi) is 3.75. The van der Waals surface area contributed by atoms with E-state index >= 15 is 0 Å². The summed E-state index contributed by atoms with van der Waals surface area (Å²) < 4.78 is 0. The molecule has 4 atom stereocenters. The molecule has 0 unspecified atom stereocenters. The maximum Gasteiger partial charge on any atom is 0.223 e. The average molecular weight is 401 g/mol. The smallest absolute Gasteiger partial charge is 0.223 e. The number of carbonyl (C=O) groups excluding carboxylic acids is 2. The molecule has 30 heavy (non-hydrogen) atoms. The first-order chi connectivity index (χ1) is 14.6. The molecule has 1 saturated carbocycles. The van der Waals surface area contributed by atoms with E-state index in [0.29, 0.717) is 18.6 Å². The lowest BCUT2D eigenvalue weighted by atomic mass is 9.51. The van der Waals surface area contributed by atoms with Crippen molar-refractivity contribution in [2.24, 2.45) is 5.41 Å². The van der Waals surface area contributed by atoms with E-state index in [2.05, 4.69) is 65.3 Å². The fourth-order valence-corrected chi connectivity index (χ4v) is 7.41. The van der Waals surface area contributed by atoms with Gasteiger partial charge in [0.2, 0.25) is 5.91 Å². The molecular formula is C26H28N2O2. The van der Waals surface area contributed by atoms with Crippen LogP contribution in [0.1, 0.15) is 50.2 Å². The van der Waals surface area contributed by atoms with Crippen LogP contribution in [-0.2, 0) is 21.5 Å². The standard InChI is InChI=1S/C26H28N2O2/c1-2-25-13-8-14-27-23(30)16-26(24(25)27)19-11-6-7-12-20(19)28(21(26)15-22(25)29)17-18-9-4-3-5-10-18/h3-7,9-12,21,24H,2,8,13-17H2,1H3/t21-,24-,25-,26-/m0/s1. The molecule has 0 N–H and O–H groups in total. The Morgan fingerprint density at radius 2 is 1.80 bits per heavy atom. The van der Waals surface area contributed by atoms with Crippen molar-refractivity contribution in [3.05, 3.63) is 65.7 Å². The second-order valence-electron chi connectivity index (χ2n) is 9.59. The first-order valence-electron chi connectivity index (χ1n) is 11.3. The third-order valence-electron chi connectivity index (χ3n) is 8.56. The van der Waals surface area contributed by atoms with Gasteiger partial charge in [-0.15, -0.1) is 0 Å². The van der Waals surface area contributed by atoms with E-state index < -0.39 is 0 Å². The fourth-order valence-electron chi connectivity index (χ4n) is 7.41. The van der Waals surface area contributed by atoms with Crippen LogP contribution in [0.5, 0.6) is 0 Å². The van der Waals surface area contributed by atoms with Crippen LogP contribution in [0.3, 0.4) is 0 Å². The highest BCUT2D eigenvalue weighted by Gasteiger charge is 2.72. The number of piperidine rings is 1. The van der Waals surface area contributed by atoms with E-state index in [-0.39, 0.29) is 28.8 Å². The summed E-state index contributed by atoms with van der Waals surface area (Å²) in [4.78, 5) is 31.6. The van der Waals surface area contributed by atoms with Crippen molar-refractivity contribution in [1.29, 1.82) is 0 Å². The molecule has 2 aromatic carbocycles. The predicted molar refractivity (Wildman–Crippen MR) is 116 cm³/mol. The highest BCUT2D eigenvalue weighted by molar-refractivity contribution is 5.95. The summed E-state index contributed by atoms with van der Waals surface area (Å²) in [5.41, 5.74) is 3.10. The zero-order valence-corrected chi connectivity index (χ0v) is 17.5. The molecule has 3 heterocycles. The first-order valence-corrected chi connectivity index (χ1v) is 11.3. The highest BCUT2D eigenvalue weighted by Crippen LogP contribution is 2.64. The largest absolute Gasteiger partial charge is 0.363 e. The number of Topliss-reactive ketones (excluding diaryl/α,β-unsaturated/α-hetero) is 1. The Bertz CT molecular complexity index is 1030. The van der Waals surface area contributed by atoms with Crippen LogP contribution in [0.15, 0.2) is 54.6 Å². The lowest BCUT2D eigenvalue weighted by Crippen LogP contribution is -2.68. The molecular weight excluding hydrogens is 372 g/mol. The predicted octanol–water partition coefficient (Wildman–Crippen LogP) is 4.08. The average Bonchev–Trinajstić information content (AvgIpc) is 3.23. The quantitative estimate of drug-likeness (QED) is 0.780. The molecule has 3 fully saturated rings. The maximum absolute atomic E-state index is 13.7. The third-order valence-corrected chi connectivity index (χ3v) is 8.56. The van der Waals surface area contributed by atoms with Crippen LogP contribution in [0.4, 0.5) is 5.69 Å². The molecule has 4 nitrogen and oxygen atoms in total. The fraction of sp³-hybridized carbons (Fsp3) is 0.462. The van der Waals surface area contributed by atoms with Gasteiger partial charge in [0.05, 0.1) is 11.5 Å². The number of hydrogen-bond acceptors (Lipinski definition) is 3. The second kappa shape index (κ2) is 6.19. The minimum absolute atomic E-state index is 0.00410. The van der Waals surface area contributed by atoms with Crippen molar-refractivity contribution in [3.8, 4) is 0 Å². The number of hydrogen-bond donors (Lipinski definition) is 0. The van der Waals surface area contributed by atoms with Gasteiger partial charge in [-0.2, -0.15) is 0 Å². The number of benzene rings is 2. The normalized spacial score (nSPS) is 34.0. The summed E-state index contributed by atoms with van der Waals surface area (Å²) in [6.45, 7) is 3.73. The summed E-state index contributed by atoms with van der Waals surface area (Å²) >= 11 is 0. The second-order valence-corrected chi connectivity index (χ2v) is 9.59. The number of ketones is 1. The van der Waals surface area contributed by atoms with Crippen molar-refractivity contribution < 1.29 is 9.59 Å². The Morgan fingerprint density at radius 3 is 2.60 bits per heavy atom. The maximum atomic E-state index is 13.7. The molecule has 2 aromatic rings. The van der Waals surface area contributed by atoms with Crippen LogP contribution in [0, 0.1) is 5.41 Å². The lowest BCUT2D eigenvalue weighted by molar-refractivity contribution is -0.147. The number of anilines is 1. The van der Waals surface area contributed by atoms with Gasteiger partial charge in [-0.1, -0.05) is 55.5 Å². The number of carbonyl (C=O) groups is 2. The number of para-hydroxylation sites is 1. The Labute approximate surface area is 177 Å². The van der Waals surface area contributed by atoms with Crippen molar-refractivity contribution in [1.82, 2.24) is 4.90 Å². The van der Waals surface area contributed by atoms with Crippen LogP contribution in [-0.4, -0.2) is 35.2 Å². The first kappa shape index (κ1) is 18.2. The van der Waals surface area contributed by atoms with E-state index in [0.717, 1.165) is 32.4 Å². The Morgan fingerprint density at radius 1 is 1.03 bits per heavy atom. The zero-order chi connectivity index (χ0) is 20.5. The summed E-state index contributed by atoms with van der Waals surface area (Å²) in [5, 5.41) is 0. The van der Waals surface area contributed by atoms with Gasteiger partial charge in [-0.3, -0.25) is 9.59 Å². The Balaban J connectivity index is 1.56. The van der Waals surface area contributed by atoms with Gasteiger partial charge in [0, 0.05) is 43.1 Å². The van der Waals surface area contributed by atoms with Gasteiger partial charge in [0.25, 0.3) is 0 Å². The molecule has 3 aliphatic heterocycles. The molecule has 1 spiro atoms. The van der Waals surface area contributed by atoms with Crippen LogP contribution in [0.25, 0.3) is 0 Å². The number of rotatable bonds is 3. The molecule has 4 aliphatic rings. The Hall–Kier alpha value is -2.62. The SMILES string of the molecule is CC[C@]12CCCN3C(=O)C[C@@]4(c5ccccc5N(Cc5ccccc5)[C@H]4CC1=O)[C@@H]32. The molecule has 1 aliphatic carbocycles. The highest BCUT2D eigenvalue weighted by atomic mass is 16.2. The summed E-state index contributed by atoms with van der Waals surface area (Å²) in [6, 6.07) is 19.2. The molecule has 0 bridgehead atoms. The van der Waals surface area contributed by atoms with Gasteiger partial charge in [-0.25, -0.2) is 0 Å². The van der Waals surface area contributed by atoms with Crippen LogP contribution in [0.2, 0.25) is 0 Å². The molecule has 154 valence electrons. The van der Waals surface area contributed by atoms with E-state index in [1.165, 1.54) is 16.8 Å². The van der Waals surface area contributed by atoms with Crippen LogP contribution >= 0.6 is 0 Å².